The minimum atomic E-state index is -0.133. The van der Waals surface area contributed by atoms with Crippen LogP contribution < -0.4 is 11.1 Å². The fraction of sp³-hybridized carbons (Fsp3) is 0.421. The van der Waals surface area contributed by atoms with E-state index in [4.69, 9.17) is 5.73 Å². The Hall–Kier alpha value is -1.91. The predicted octanol–water partition coefficient (Wildman–Crippen LogP) is 2.27. The zero-order chi connectivity index (χ0) is 16.4. The minimum Gasteiger partial charge on any atom is -0.353 e. The summed E-state index contributed by atoms with van der Waals surface area (Å²) in [6.07, 6.45) is 0.726. The highest BCUT2D eigenvalue weighted by Crippen LogP contribution is 2.24. The fourth-order valence-corrected chi connectivity index (χ4v) is 3.42. The number of rotatable bonds is 4. The van der Waals surface area contributed by atoms with Crippen molar-refractivity contribution < 1.29 is 4.79 Å². The normalized spacial score (nSPS) is 21.9. The Bertz CT molecular complexity index is 693. The second kappa shape index (κ2) is 6.69. The lowest BCUT2D eigenvalue weighted by Crippen LogP contribution is -2.45. The predicted molar refractivity (Wildman–Crippen MR) is 94.0 cm³/mol. The smallest absolute Gasteiger partial charge is 0.237 e. The van der Waals surface area contributed by atoms with Crippen LogP contribution >= 0.6 is 0 Å². The molecule has 2 aromatic carbocycles. The van der Waals surface area contributed by atoms with E-state index in [-0.39, 0.29) is 24.0 Å². The van der Waals surface area contributed by atoms with Crippen molar-refractivity contribution in [2.24, 2.45) is 5.73 Å². The van der Waals surface area contributed by atoms with Gasteiger partial charge in [-0.3, -0.25) is 9.69 Å². The van der Waals surface area contributed by atoms with Gasteiger partial charge >= 0.3 is 0 Å². The molecule has 1 aliphatic heterocycles. The molecular weight excluding hydrogens is 286 g/mol. The van der Waals surface area contributed by atoms with Crippen molar-refractivity contribution in [2.45, 2.75) is 44.9 Å². The average Bonchev–Trinajstić information content (AvgIpc) is 2.88. The summed E-state index contributed by atoms with van der Waals surface area (Å²) < 4.78 is 0. The number of likely N-dealkylation sites (tertiary alicyclic amines) is 1. The Balaban J connectivity index is 1.83. The summed E-state index contributed by atoms with van der Waals surface area (Å²) in [7, 11) is 0. The van der Waals surface area contributed by atoms with E-state index in [1.165, 1.54) is 16.3 Å². The first-order chi connectivity index (χ1) is 11.0. The number of nitrogens with one attached hydrogen (secondary N) is 1. The van der Waals surface area contributed by atoms with Gasteiger partial charge < -0.3 is 11.1 Å². The number of nitrogens with zero attached hydrogens (tertiary/aromatic N) is 1. The van der Waals surface area contributed by atoms with Crippen LogP contribution in [0.3, 0.4) is 0 Å². The van der Waals surface area contributed by atoms with Crippen molar-refractivity contribution in [3.63, 3.8) is 0 Å². The van der Waals surface area contributed by atoms with E-state index in [0.29, 0.717) is 0 Å². The van der Waals surface area contributed by atoms with Crippen LogP contribution in [0.25, 0.3) is 10.8 Å². The Kier molecular flexibility index (Phi) is 4.64. The number of carbonyl (C=O) groups excluding carboxylic acids is 1. The molecule has 4 nitrogen and oxygen atoms in total. The zero-order valence-corrected chi connectivity index (χ0v) is 13.8. The van der Waals surface area contributed by atoms with Crippen LogP contribution in [0, 0.1) is 0 Å². The molecular formula is C19H25N3O. The van der Waals surface area contributed by atoms with Gasteiger partial charge in [0, 0.05) is 25.2 Å². The SMILES string of the molecule is CC(C)NC(=O)[C@@H]1C[C@@H](N)CN1Cc1cccc2ccccc12. The highest BCUT2D eigenvalue weighted by molar-refractivity contribution is 5.86. The summed E-state index contributed by atoms with van der Waals surface area (Å²) in [5.74, 6) is 0.0909. The second-order valence-corrected chi connectivity index (χ2v) is 6.74. The molecule has 1 aliphatic rings. The standard InChI is InChI=1S/C19H25N3O/c1-13(2)21-19(23)18-10-16(20)12-22(18)11-15-8-5-7-14-6-3-4-9-17(14)15/h3-9,13,16,18H,10-12,20H2,1-2H3,(H,21,23)/t16-,18+/m1/s1. The summed E-state index contributed by atoms with van der Waals surface area (Å²) >= 11 is 0. The van der Waals surface area contributed by atoms with Crippen LogP contribution in [0.2, 0.25) is 0 Å². The van der Waals surface area contributed by atoms with Crippen molar-refractivity contribution in [1.29, 1.82) is 0 Å². The van der Waals surface area contributed by atoms with Gasteiger partial charge in [0.05, 0.1) is 6.04 Å². The van der Waals surface area contributed by atoms with Gasteiger partial charge in [-0.2, -0.15) is 0 Å². The molecule has 1 amide bonds. The summed E-state index contributed by atoms with van der Waals surface area (Å²) in [6, 6.07) is 14.8. The van der Waals surface area contributed by atoms with Crippen molar-refractivity contribution in [3.05, 3.63) is 48.0 Å². The van der Waals surface area contributed by atoms with Gasteiger partial charge in [-0.05, 0) is 36.6 Å². The molecule has 1 heterocycles. The Morgan fingerprint density at radius 1 is 1.26 bits per heavy atom. The van der Waals surface area contributed by atoms with E-state index in [1.54, 1.807) is 0 Å². The van der Waals surface area contributed by atoms with E-state index in [1.807, 2.05) is 13.8 Å². The number of hydrogen-bond donors (Lipinski definition) is 2. The summed E-state index contributed by atoms with van der Waals surface area (Å²) in [6.45, 7) is 5.49. The van der Waals surface area contributed by atoms with Gasteiger partial charge in [-0.25, -0.2) is 0 Å². The first-order valence-corrected chi connectivity index (χ1v) is 8.31. The third kappa shape index (κ3) is 3.54. The summed E-state index contributed by atoms with van der Waals surface area (Å²) in [4.78, 5) is 14.7. The maximum Gasteiger partial charge on any atom is 0.237 e. The number of fused-ring (bicyclic) bond motifs is 1. The third-order valence-electron chi connectivity index (χ3n) is 4.42. The molecule has 0 aromatic heterocycles. The molecule has 0 saturated carbocycles. The van der Waals surface area contributed by atoms with E-state index >= 15 is 0 Å². The fourth-order valence-electron chi connectivity index (χ4n) is 3.42. The average molecular weight is 311 g/mol. The molecule has 3 rings (SSSR count). The first-order valence-electron chi connectivity index (χ1n) is 8.31. The molecule has 3 N–H and O–H groups in total. The zero-order valence-electron chi connectivity index (χ0n) is 13.8. The molecule has 0 aliphatic carbocycles. The molecule has 0 radical (unpaired) electrons. The van der Waals surface area contributed by atoms with Gasteiger partial charge in [0.2, 0.25) is 5.91 Å². The molecule has 0 bridgehead atoms. The monoisotopic (exact) mass is 311 g/mol. The highest BCUT2D eigenvalue weighted by atomic mass is 16.2. The molecule has 0 unspecified atom stereocenters. The molecule has 4 heteroatoms. The maximum atomic E-state index is 12.5. The second-order valence-electron chi connectivity index (χ2n) is 6.74. The number of nitrogens with two attached hydrogens (primary N) is 1. The van der Waals surface area contributed by atoms with Crippen molar-refractivity contribution in [1.82, 2.24) is 10.2 Å². The largest absolute Gasteiger partial charge is 0.353 e. The Morgan fingerprint density at radius 2 is 2.00 bits per heavy atom. The van der Waals surface area contributed by atoms with Gasteiger partial charge in [-0.15, -0.1) is 0 Å². The maximum absolute atomic E-state index is 12.5. The van der Waals surface area contributed by atoms with Crippen molar-refractivity contribution in [3.8, 4) is 0 Å². The minimum absolute atomic E-state index is 0.0629. The number of benzene rings is 2. The third-order valence-corrected chi connectivity index (χ3v) is 4.42. The van der Waals surface area contributed by atoms with E-state index in [9.17, 15) is 4.79 Å². The molecule has 122 valence electrons. The van der Waals surface area contributed by atoms with Crippen LogP contribution in [0.15, 0.2) is 42.5 Å². The topological polar surface area (TPSA) is 58.4 Å². The molecule has 1 saturated heterocycles. The molecule has 2 aromatic rings. The van der Waals surface area contributed by atoms with Crippen LogP contribution in [0.5, 0.6) is 0 Å². The Labute approximate surface area is 137 Å². The van der Waals surface area contributed by atoms with Crippen LogP contribution in [-0.4, -0.2) is 35.5 Å². The van der Waals surface area contributed by atoms with Crippen LogP contribution in [-0.2, 0) is 11.3 Å². The lowest BCUT2D eigenvalue weighted by molar-refractivity contribution is -0.126. The molecule has 1 fully saturated rings. The van der Waals surface area contributed by atoms with E-state index < -0.39 is 0 Å². The molecule has 0 spiro atoms. The van der Waals surface area contributed by atoms with E-state index in [0.717, 1.165) is 19.5 Å². The lowest BCUT2D eigenvalue weighted by atomic mass is 10.0. The van der Waals surface area contributed by atoms with Gasteiger partial charge in [0.15, 0.2) is 0 Å². The number of hydrogen-bond acceptors (Lipinski definition) is 3. The van der Waals surface area contributed by atoms with Crippen LogP contribution in [0.1, 0.15) is 25.8 Å². The Morgan fingerprint density at radius 3 is 2.78 bits per heavy atom. The molecule has 2 atom stereocenters. The summed E-state index contributed by atoms with van der Waals surface area (Å²) in [5.41, 5.74) is 7.38. The van der Waals surface area contributed by atoms with Gasteiger partial charge in [-0.1, -0.05) is 42.5 Å². The lowest BCUT2D eigenvalue weighted by Gasteiger charge is -2.25. The number of carbonyl (C=O) groups is 1. The number of amides is 1. The molecule has 23 heavy (non-hydrogen) atoms. The summed E-state index contributed by atoms with van der Waals surface area (Å²) in [5, 5.41) is 5.50. The van der Waals surface area contributed by atoms with Gasteiger partial charge in [0.1, 0.15) is 0 Å². The van der Waals surface area contributed by atoms with Crippen molar-refractivity contribution in [2.75, 3.05) is 6.54 Å². The van der Waals surface area contributed by atoms with Gasteiger partial charge in [0.25, 0.3) is 0 Å². The quantitative estimate of drug-likeness (QED) is 0.910. The highest BCUT2D eigenvalue weighted by Gasteiger charge is 2.35. The first kappa shape index (κ1) is 16.0. The van der Waals surface area contributed by atoms with E-state index in [2.05, 4.69) is 52.7 Å². The van der Waals surface area contributed by atoms with Crippen molar-refractivity contribution >= 4 is 16.7 Å². The van der Waals surface area contributed by atoms with Crippen LogP contribution in [0.4, 0.5) is 0 Å².